The van der Waals surface area contributed by atoms with Gasteiger partial charge in [0, 0.05) is 25.9 Å². The van der Waals surface area contributed by atoms with E-state index in [0.29, 0.717) is 5.92 Å². The number of methoxy groups -OCH3 is 1. The number of ether oxygens (including phenoxy) is 1. The van der Waals surface area contributed by atoms with Crippen LogP contribution in [-0.4, -0.2) is 24.1 Å². The average Bonchev–Trinajstić information content (AvgIpc) is 3.15. The van der Waals surface area contributed by atoms with Gasteiger partial charge in [-0.3, -0.25) is 0 Å². The Kier molecular flexibility index (Phi) is 3.94. The van der Waals surface area contributed by atoms with Crippen LogP contribution in [0.1, 0.15) is 43.8 Å². The zero-order chi connectivity index (χ0) is 12.3. The standard InChI is InChI=1S/C13H21N3O/c1-4-5-10-8-11(14-2)16-13(15-10)12(17-3)9-6-7-9/h8-9,12H,4-7H2,1-3H3,(H,14,15,16). The second kappa shape index (κ2) is 5.45. The van der Waals surface area contributed by atoms with E-state index in [1.54, 1.807) is 7.11 Å². The Morgan fingerprint density at radius 3 is 2.76 bits per heavy atom. The first-order chi connectivity index (χ1) is 8.28. The summed E-state index contributed by atoms with van der Waals surface area (Å²) in [7, 11) is 3.64. The molecule has 1 atom stereocenters. The summed E-state index contributed by atoms with van der Waals surface area (Å²) in [5, 5.41) is 3.10. The SMILES string of the molecule is CCCc1cc(NC)nc(C(OC)C2CC2)n1. The summed E-state index contributed by atoms with van der Waals surface area (Å²) in [4.78, 5) is 9.15. The van der Waals surface area contributed by atoms with Gasteiger partial charge in [0.05, 0.1) is 0 Å². The topological polar surface area (TPSA) is 47.0 Å². The molecule has 1 aliphatic carbocycles. The van der Waals surface area contributed by atoms with Crippen molar-refractivity contribution in [2.75, 3.05) is 19.5 Å². The summed E-state index contributed by atoms with van der Waals surface area (Å²) in [6, 6.07) is 2.02. The van der Waals surface area contributed by atoms with Gasteiger partial charge in [-0.25, -0.2) is 9.97 Å². The van der Waals surface area contributed by atoms with Crippen LogP contribution in [0, 0.1) is 5.92 Å². The van der Waals surface area contributed by atoms with Crippen LogP contribution in [0.5, 0.6) is 0 Å². The molecular weight excluding hydrogens is 214 g/mol. The van der Waals surface area contributed by atoms with E-state index < -0.39 is 0 Å². The maximum absolute atomic E-state index is 5.54. The van der Waals surface area contributed by atoms with Crippen LogP contribution in [0.25, 0.3) is 0 Å². The largest absolute Gasteiger partial charge is 0.373 e. The Hall–Kier alpha value is -1.16. The molecule has 4 nitrogen and oxygen atoms in total. The quantitative estimate of drug-likeness (QED) is 0.823. The van der Waals surface area contributed by atoms with Crippen molar-refractivity contribution in [3.05, 3.63) is 17.6 Å². The third-order valence-electron chi connectivity index (χ3n) is 3.12. The Morgan fingerprint density at radius 2 is 2.24 bits per heavy atom. The van der Waals surface area contributed by atoms with E-state index in [4.69, 9.17) is 4.74 Å². The number of hydrogen-bond acceptors (Lipinski definition) is 4. The highest BCUT2D eigenvalue weighted by Crippen LogP contribution is 2.42. The maximum Gasteiger partial charge on any atom is 0.159 e. The van der Waals surface area contributed by atoms with Crippen LogP contribution in [0.4, 0.5) is 5.82 Å². The average molecular weight is 235 g/mol. The third-order valence-corrected chi connectivity index (χ3v) is 3.12. The van der Waals surface area contributed by atoms with Gasteiger partial charge in [-0.15, -0.1) is 0 Å². The lowest BCUT2D eigenvalue weighted by Crippen LogP contribution is -2.12. The fourth-order valence-corrected chi connectivity index (χ4v) is 2.07. The molecule has 0 aromatic carbocycles. The van der Waals surface area contributed by atoms with Gasteiger partial charge >= 0.3 is 0 Å². The van der Waals surface area contributed by atoms with Crippen LogP contribution >= 0.6 is 0 Å². The van der Waals surface area contributed by atoms with Crippen molar-refractivity contribution in [1.82, 2.24) is 9.97 Å². The summed E-state index contributed by atoms with van der Waals surface area (Å²) in [5.74, 6) is 2.34. The lowest BCUT2D eigenvalue weighted by molar-refractivity contribution is 0.0771. The van der Waals surface area contributed by atoms with Crippen LogP contribution in [0.15, 0.2) is 6.07 Å². The van der Waals surface area contributed by atoms with Crippen molar-refractivity contribution in [2.45, 2.75) is 38.7 Å². The molecule has 1 unspecified atom stereocenters. The summed E-state index contributed by atoms with van der Waals surface area (Å²) < 4.78 is 5.54. The molecule has 0 radical (unpaired) electrons. The first-order valence-corrected chi connectivity index (χ1v) is 6.36. The van der Waals surface area contributed by atoms with E-state index in [-0.39, 0.29) is 6.10 Å². The van der Waals surface area contributed by atoms with Gasteiger partial charge in [-0.2, -0.15) is 0 Å². The summed E-state index contributed by atoms with van der Waals surface area (Å²) in [6.45, 7) is 2.16. The first kappa shape index (κ1) is 12.3. The normalized spacial score (nSPS) is 16.9. The highest BCUT2D eigenvalue weighted by Gasteiger charge is 2.34. The molecule has 94 valence electrons. The van der Waals surface area contributed by atoms with E-state index >= 15 is 0 Å². The van der Waals surface area contributed by atoms with Crippen molar-refractivity contribution < 1.29 is 4.74 Å². The van der Waals surface area contributed by atoms with E-state index in [0.717, 1.165) is 30.2 Å². The number of rotatable bonds is 6. The molecule has 2 rings (SSSR count). The minimum atomic E-state index is 0.0684. The zero-order valence-electron chi connectivity index (χ0n) is 10.9. The van der Waals surface area contributed by atoms with Gasteiger partial charge < -0.3 is 10.1 Å². The van der Waals surface area contributed by atoms with Gasteiger partial charge in [0.2, 0.25) is 0 Å². The van der Waals surface area contributed by atoms with E-state index in [1.807, 2.05) is 13.1 Å². The number of hydrogen-bond donors (Lipinski definition) is 1. The molecule has 0 amide bonds. The van der Waals surface area contributed by atoms with E-state index in [2.05, 4.69) is 22.2 Å². The molecule has 1 N–H and O–H groups in total. The van der Waals surface area contributed by atoms with Crippen molar-refractivity contribution in [2.24, 2.45) is 5.92 Å². The van der Waals surface area contributed by atoms with Crippen LogP contribution in [0.3, 0.4) is 0 Å². The highest BCUT2D eigenvalue weighted by atomic mass is 16.5. The Balaban J connectivity index is 2.27. The Bertz CT molecular complexity index is 377. The molecule has 1 aromatic heterocycles. The number of aryl methyl sites for hydroxylation is 1. The molecule has 0 aliphatic heterocycles. The summed E-state index contributed by atoms with van der Waals surface area (Å²) >= 11 is 0. The second-order valence-electron chi connectivity index (χ2n) is 4.60. The number of aromatic nitrogens is 2. The van der Waals surface area contributed by atoms with Crippen molar-refractivity contribution in [3.8, 4) is 0 Å². The zero-order valence-corrected chi connectivity index (χ0v) is 10.9. The number of anilines is 1. The minimum Gasteiger partial charge on any atom is -0.373 e. The molecule has 0 saturated heterocycles. The third kappa shape index (κ3) is 2.94. The Labute approximate surface area is 103 Å². The number of nitrogens with one attached hydrogen (secondary N) is 1. The molecule has 1 aliphatic rings. The first-order valence-electron chi connectivity index (χ1n) is 6.36. The van der Waals surface area contributed by atoms with Gasteiger partial charge in [0.15, 0.2) is 5.82 Å². The fourth-order valence-electron chi connectivity index (χ4n) is 2.07. The molecule has 4 heteroatoms. The second-order valence-corrected chi connectivity index (χ2v) is 4.60. The molecule has 1 aromatic rings. The fraction of sp³-hybridized carbons (Fsp3) is 0.692. The monoisotopic (exact) mass is 235 g/mol. The molecular formula is C13H21N3O. The summed E-state index contributed by atoms with van der Waals surface area (Å²) in [5.41, 5.74) is 1.10. The van der Waals surface area contributed by atoms with Crippen molar-refractivity contribution in [3.63, 3.8) is 0 Å². The molecule has 1 fully saturated rings. The predicted octanol–water partition coefficient (Wildman–Crippen LogP) is 2.57. The van der Waals surface area contributed by atoms with Crippen molar-refractivity contribution >= 4 is 5.82 Å². The predicted molar refractivity (Wildman–Crippen MR) is 68.0 cm³/mol. The smallest absolute Gasteiger partial charge is 0.159 e. The van der Waals surface area contributed by atoms with Crippen LogP contribution in [-0.2, 0) is 11.2 Å². The lowest BCUT2D eigenvalue weighted by Gasteiger charge is -2.15. The van der Waals surface area contributed by atoms with Gasteiger partial charge in [-0.1, -0.05) is 13.3 Å². The highest BCUT2D eigenvalue weighted by molar-refractivity contribution is 5.35. The van der Waals surface area contributed by atoms with Crippen LogP contribution in [0.2, 0.25) is 0 Å². The molecule has 0 spiro atoms. The summed E-state index contributed by atoms with van der Waals surface area (Å²) in [6.07, 6.45) is 4.62. The maximum atomic E-state index is 5.54. The van der Waals surface area contributed by atoms with Crippen LogP contribution < -0.4 is 5.32 Å². The van der Waals surface area contributed by atoms with Gasteiger partial charge in [0.1, 0.15) is 11.9 Å². The lowest BCUT2D eigenvalue weighted by atomic mass is 10.2. The van der Waals surface area contributed by atoms with E-state index in [1.165, 1.54) is 12.8 Å². The van der Waals surface area contributed by atoms with E-state index in [9.17, 15) is 0 Å². The van der Waals surface area contributed by atoms with Gasteiger partial charge in [0.25, 0.3) is 0 Å². The van der Waals surface area contributed by atoms with Crippen molar-refractivity contribution in [1.29, 1.82) is 0 Å². The number of nitrogens with zero attached hydrogens (tertiary/aromatic N) is 2. The molecule has 1 saturated carbocycles. The van der Waals surface area contributed by atoms with Gasteiger partial charge in [-0.05, 0) is 25.2 Å². The Morgan fingerprint density at radius 1 is 1.47 bits per heavy atom. The molecule has 17 heavy (non-hydrogen) atoms. The molecule has 1 heterocycles. The molecule has 0 bridgehead atoms. The minimum absolute atomic E-state index is 0.0684.